The minimum atomic E-state index is -0.547. The van der Waals surface area contributed by atoms with Crippen molar-refractivity contribution in [1.82, 2.24) is 39.8 Å². The third kappa shape index (κ3) is 7.05. The van der Waals surface area contributed by atoms with Crippen LogP contribution in [0.15, 0.2) is 79.0 Å². The molecular weight excluding hydrogens is 695 g/mol. The fourth-order valence-corrected chi connectivity index (χ4v) is 8.50. The predicted octanol–water partition coefficient (Wildman–Crippen LogP) is 6.34. The molecule has 3 fully saturated rings. The van der Waals surface area contributed by atoms with Crippen LogP contribution in [0.3, 0.4) is 0 Å². The van der Waals surface area contributed by atoms with Crippen molar-refractivity contribution >= 4 is 58.0 Å². The monoisotopic (exact) mass is 739 g/mol. The Hall–Kier alpha value is -6.02. The first-order valence-electron chi connectivity index (χ1n) is 19.3. The van der Waals surface area contributed by atoms with Crippen molar-refractivity contribution < 1.29 is 14.4 Å². The third-order valence-corrected chi connectivity index (χ3v) is 11.4. The number of hydrogen-bond donors (Lipinski definition) is 3. The maximum Gasteiger partial charge on any atom is 0.342 e. The summed E-state index contributed by atoms with van der Waals surface area (Å²) in [5.74, 6) is 0.828. The molecular formula is C41H45N11O3. The van der Waals surface area contributed by atoms with Crippen LogP contribution < -0.4 is 20.9 Å². The Labute approximate surface area is 319 Å². The van der Waals surface area contributed by atoms with Gasteiger partial charge in [-0.05, 0) is 86.3 Å². The molecule has 0 spiro atoms. The second-order valence-electron chi connectivity index (χ2n) is 15.0. The first-order chi connectivity index (χ1) is 26.9. The van der Waals surface area contributed by atoms with E-state index >= 15 is 0 Å². The lowest BCUT2D eigenvalue weighted by atomic mass is 10.0. The van der Waals surface area contributed by atoms with Gasteiger partial charge in [0, 0.05) is 60.8 Å². The highest BCUT2D eigenvalue weighted by atomic mass is 16.2. The average Bonchev–Trinajstić information content (AvgIpc) is 3.93. The highest BCUT2D eigenvalue weighted by Gasteiger charge is 2.37. The molecule has 5 aromatic rings. The van der Waals surface area contributed by atoms with Gasteiger partial charge in [0.2, 0.25) is 17.8 Å². The predicted molar refractivity (Wildman–Crippen MR) is 210 cm³/mol. The summed E-state index contributed by atoms with van der Waals surface area (Å²) in [5.41, 5.74) is 7.39. The van der Waals surface area contributed by atoms with Gasteiger partial charge in [-0.2, -0.15) is 4.98 Å². The minimum absolute atomic E-state index is 0.180. The van der Waals surface area contributed by atoms with Crippen LogP contribution >= 0.6 is 0 Å². The number of amides is 4. The number of hydrazine groups is 1. The number of hydrogen-bond acceptors (Lipinski definition) is 10. The maximum atomic E-state index is 13.1. The molecule has 1 saturated carbocycles. The van der Waals surface area contributed by atoms with Crippen molar-refractivity contribution in [2.24, 2.45) is 0 Å². The topological polar surface area (TPSA) is 144 Å². The molecule has 4 amide bonds. The summed E-state index contributed by atoms with van der Waals surface area (Å²) in [4.78, 5) is 56.4. The van der Waals surface area contributed by atoms with Gasteiger partial charge in [-0.3, -0.25) is 24.4 Å². The lowest BCUT2D eigenvalue weighted by Crippen LogP contribution is -2.56. The van der Waals surface area contributed by atoms with Gasteiger partial charge in [-0.1, -0.05) is 43.2 Å². The van der Waals surface area contributed by atoms with Crippen LogP contribution in [0.1, 0.15) is 72.5 Å². The molecule has 0 radical (unpaired) electrons. The zero-order chi connectivity index (χ0) is 37.5. The number of carbonyl (C=O) groups is 3. The van der Waals surface area contributed by atoms with Gasteiger partial charge < -0.3 is 15.5 Å². The van der Waals surface area contributed by atoms with Crippen molar-refractivity contribution in [2.75, 3.05) is 42.2 Å². The van der Waals surface area contributed by atoms with Gasteiger partial charge in [-0.25, -0.2) is 24.8 Å². The van der Waals surface area contributed by atoms with Gasteiger partial charge in [0.1, 0.15) is 5.52 Å². The van der Waals surface area contributed by atoms with E-state index in [1.54, 1.807) is 0 Å². The van der Waals surface area contributed by atoms with E-state index in [4.69, 9.17) is 9.97 Å². The molecule has 0 bridgehead atoms. The number of imidazole rings is 1. The lowest BCUT2D eigenvalue weighted by molar-refractivity contribution is -0.123. The quantitative estimate of drug-likeness (QED) is 0.148. The Morgan fingerprint density at radius 3 is 2.36 bits per heavy atom. The summed E-state index contributed by atoms with van der Waals surface area (Å²) >= 11 is 0. The number of piperidine rings is 1. The molecule has 14 nitrogen and oxygen atoms in total. The van der Waals surface area contributed by atoms with Crippen LogP contribution in [0.5, 0.6) is 0 Å². The Morgan fingerprint density at radius 2 is 1.60 bits per heavy atom. The summed E-state index contributed by atoms with van der Waals surface area (Å²) in [5, 5.41) is 12.0. The van der Waals surface area contributed by atoms with Gasteiger partial charge >= 0.3 is 6.03 Å². The second kappa shape index (κ2) is 14.7. The zero-order valence-electron chi connectivity index (χ0n) is 30.9. The van der Waals surface area contributed by atoms with Crippen molar-refractivity contribution in [1.29, 1.82) is 0 Å². The van der Waals surface area contributed by atoms with E-state index in [0.717, 1.165) is 84.9 Å². The Kier molecular flexibility index (Phi) is 9.26. The molecule has 9 rings (SSSR count). The smallest absolute Gasteiger partial charge is 0.342 e. The SMILES string of the molecule is CN(Cc1ccc2c(c1)CN(N1CCC(=O)NC1=O)C2=O)C1CCN(c2ccc(Nc3ncc4nc(Nc5ccccc5)n(C5CCCC5)c4n3)cc2)CC1. The van der Waals surface area contributed by atoms with Crippen molar-refractivity contribution in [2.45, 2.75) is 70.1 Å². The standard InChI is InChI=1S/C41H45N11O3/c1-48(25-27-11-16-34-28(23-27)26-51(38(34)54)50-22-19-36(53)46-41(50)55)31-17-20-49(21-18-31)32-14-12-30(13-15-32)43-39-42-24-35-37(47-39)52(33-9-5-6-10-33)40(45-35)44-29-7-3-2-4-8-29/h2-4,7-8,11-16,23-24,31,33H,5-6,9-10,17-22,25-26H2,1H3,(H,44,45)(H,42,43,47)(H,46,53,55). The van der Waals surface area contributed by atoms with E-state index in [1.807, 2.05) is 48.7 Å². The number of fused-ring (bicyclic) bond motifs is 2. The van der Waals surface area contributed by atoms with E-state index in [-0.39, 0.29) is 24.8 Å². The summed E-state index contributed by atoms with van der Waals surface area (Å²) in [7, 11) is 2.17. The molecule has 2 saturated heterocycles. The van der Waals surface area contributed by atoms with E-state index < -0.39 is 6.03 Å². The van der Waals surface area contributed by atoms with Gasteiger partial charge in [0.15, 0.2) is 5.65 Å². The summed E-state index contributed by atoms with van der Waals surface area (Å²) in [6.45, 7) is 3.21. The number of benzene rings is 3. The molecule has 1 aliphatic carbocycles. The van der Waals surface area contributed by atoms with Crippen LogP contribution in [0, 0.1) is 0 Å². The number of aromatic nitrogens is 4. The first kappa shape index (κ1) is 34.7. The van der Waals surface area contributed by atoms with Crippen molar-refractivity contribution in [3.05, 3.63) is 95.7 Å². The minimum Gasteiger partial charge on any atom is -0.371 e. The molecule has 3 aliphatic heterocycles. The zero-order valence-corrected chi connectivity index (χ0v) is 30.9. The number of nitrogens with zero attached hydrogens (tertiary/aromatic N) is 8. The Bertz CT molecular complexity index is 2230. The van der Waals surface area contributed by atoms with E-state index in [1.165, 1.54) is 28.5 Å². The largest absolute Gasteiger partial charge is 0.371 e. The van der Waals surface area contributed by atoms with Crippen molar-refractivity contribution in [3.8, 4) is 0 Å². The molecule has 2 aromatic heterocycles. The Balaban J connectivity index is 0.805. The number of nitrogens with one attached hydrogen (secondary N) is 3. The van der Waals surface area contributed by atoms with Crippen LogP contribution in [0.4, 0.5) is 33.8 Å². The molecule has 0 unspecified atom stereocenters. The fourth-order valence-electron chi connectivity index (χ4n) is 8.50. The first-order valence-corrected chi connectivity index (χ1v) is 19.3. The summed E-state index contributed by atoms with van der Waals surface area (Å²) in [6.07, 6.45) is 8.72. The average molecular weight is 740 g/mol. The normalized spacial score (nSPS) is 18.1. The van der Waals surface area contributed by atoms with Crippen LogP contribution in [-0.4, -0.2) is 85.0 Å². The third-order valence-electron chi connectivity index (χ3n) is 11.4. The number of anilines is 5. The molecule has 0 atom stereocenters. The molecule has 282 valence electrons. The molecule has 3 N–H and O–H groups in total. The van der Waals surface area contributed by atoms with Gasteiger partial charge in [-0.15, -0.1) is 0 Å². The number of imide groups is 1. The molecule has 4 aliphatic rings. The summed E-state index contributed by atoms with van der Waals surface area (Å²) in [6, 6.07) is 24.8. The van der Waals surface area contributed by atoms with E-state index in [0.29, 0.717) is 30.1 Å². The molecule has 5 heterocycles. The number of urea groups is 1. The van der Waals surface area contributed by atoms with E-state index in [2.05, 4.69) is 72.7 Å². The van der Waals surface area contributed by atoms with Crippen LogP contribution in [0.25, 0.3) is 11.2 Å². The van der Waals surface area contributed by atoms with Gasteiger partial charge in [0.25, 0.3) is 5.91 Å². The second-order valence-corrected chi connectivity index (χ2v) is 15.0. The van der Waals surface area contributed by atoms with Crippen LogP contribution in [-0.2, 0) is 17.9 Å². The maximum absolute atomic E-state index is 13.1. The number of rotatable bonds is 10. The van der Waals surface area contributed by atoms with Gasteiger partial charge in [0.05, 0.1) is 19.3 Å². The fraction of sp³-hybridized carbons (Fsp3) is 0.366. The highest BCUT2D eigenvalue weighted by molar-refractivity contribution is 6.02. The Morgan fingerprint density at radius 1 is 0.836 bits per heavy atom. The summed E-state index contributed by atoms with van der Waals surface area (Å²) < 4.78 is 2.26. The van der Waals surface area contributed by atoms with Crippen LogP contribution in [0.2, 0.25) is 0 Å². The van der Waals surface area contributed by atoms with Crippen molar-refractivity contribution in [3.63, 3.8) is 0 Å². The molecule has 55 heavy (non-hydrogen) atoms. The molecule has 14 heteroatoms. The molecule has 3 aromatic carbocycles. The highest BCUT2D eigenvalue weighted by Crippen LogP contribution is 2.36. The lowest BCUT2D eigenvalue weighted by Gasteiger charge is -2.38. The number of para-hydroxylation sites is 1. The van der Waals surface area contributed by atoms with E-state index in [9.17, 15) is 14.4 Å². The number of carbonyl (C=O) groups excluding carboxylic acids is 3.